The SMILES string of the molecule is Fc1cc(OC2CNC2)ccc1Br. The summed E-state index contributed by atoms with van der Waals surface area (Å²) in [5, 5.41) is 3.08. The van der Waals surface area contributed by atoms with Gasteiger partial charge < -0.3 is 10.1 Å². The molecule has 1 aromatic rings. The molecule has 0 unspecified atom stereocenters. The molecule has 1 aromatic carbocycles. The summed E-state index contributed by atoms with van der Waals surface area (Å²) >= 11 is 3.08. The molecule has 0 radical (unpaired) electrons. The Balaban J connectivity index is 2.07. The molecule has 70 valence electrons. The van der Waals surface area contributed by atoms with Gasteiger partial charge in [-0.3, -0.25) is 0 Å². The van der Waals surface area contributed by atoms with Crippen molar-refractivity contribution in [3.05, 3.63) is 28.5 Å². The van der Waals surface area contributed by atoms with E-state index in [0.717, 1.165) is 13.1 Å². The average molecular weight is 246 g/mol. The van der Waals surface area contributed by atoms with Crippen molar-refractivity contribution in [1.29, 1.82) is 0 Å². The lowest BCUT2D eigenvalue weighted by molar-refractivity contribution is 0.141. The second-order valence-corrected chi connectivity index (χ2v) is 3.83. The molecule has 0 bridgehead atoms. The highest BCUT2D eigenvalue weighted by molar-refractivity contribution is 9.10. The Kier molecular flexibility index (Phi) is 2.51. The maximum absolute atomic E-state index is 13.0. The van der Waals surface area contributed by atoms with E-state index in [9.17, 15) is 4.39 Å². The average Bonchev–Trinajstić information content (AvgIpc) is 2.04. The van der Waals surface area contributed by atoms with Gasteiger partial charge in [0.1, 0.15) is 17.7 Å². The number of rotatable bonds is 2. The second-order valence-electron chi connectivity index (χ2n) is 2.97. The van der Waals surface area contributed by atoms with Crippen LogP contribution in [-0.2, 0) is 0 Å². The minimum absolute atomic E-state index is 0.195. The Bertz CT molecular complexity index is 314. The topological polar surface area (TPSA) is 21.3 Å². The van der Waals surface area contributed by atoms with Crippen molar-refractivity contribution in [2.45, 2.75) is 6.10 Å². The molecule has 4 heteroatoms. The van der Waals surface area contributed by atoms with Gasteiger partial charge >= 0.3 is 0 Å². The van der Waals surface area contributed by atoms with Gasteiger partial charge in [-0.15, -0.1) is 0 Å². The van der Waals surface area contributed by atoms with Crippen LogP contribution in [0.3, 0.4) is 0 Å². The first-order valence-corrected chi connectivity index (χ1v) is 4.87. The molecule has 1 saturated heterocycles. The van der Waals surface area contributed by atoms with Gasteiger partial charge in [0.15, 0.2) is 0 Å². The van der Waals surface area contributed by atoms with Crippen LogP contribution in [-0.4, -0.2) is 19.2 Å². The zero-order chi connectivity index (χ0) is 9.26. The minimum atomic E-state index is -0.287. The largest absolute Gasteiger partial charge is 0.488 e. The zero-order valence-corrected chi connectivity index (χ0v) is 8.47. The fourth-order valence-electron chi connectivity index (χ4n) is 1.09. The summed E-state index contributed by atoms with van der Waals surface area (Å²) in [5.41, 5.74) is 0. The van der Waals surface area contributed by atoms with Crippen LogP contribution in [0.2, 0.25) is 0 Å². The molecule has 2 rings (SSSR count). The standard InChI is InChI=1S/C9H9BrFNO/c10-8-2-1-6(3-9(8)11)13-7-4-12-5-7/h1-3,7,12H,4-5H2. The second kappa shape index (κ2) is 3.64. The van der Waals surface area contributed by atoms with Gasteiger partial charge in [0.05, 0.1) is 4.47 Å². The predicted octanol–water partition coefficient (Wildman–Crippen LogP) is 1.94. The molecular formula is C9H9BrFNO. The molecule has 0 amide bonds. The van der Waals surface area contributed by atoms with Crippen molar-refractivity contribution in [3.8, 4) is 5.75 Å². The highest BCUT2D eigenvalue weighted by Crippen LogP contribution is 2.22. The minimum Gasteiger partial charge on any atom is -0.488 e. The van der Waals surface area contributed by atoms with E-state index in [1.165, 1.54) is 6.07 Å². The van der Waals surface area contributed by atoms with E-state index in [0.29, 0.717) is 10.2 Å². The molecule has 0 atom stereocenters. The van der Waals surface area contributed by atoms with Crippen LogP contribution in [0.4, 0.5) is 4.39 Å². The smallest absolute Gasteiger partial charge is 0.141 e. The van der Waals surface area contributed by atoms with Crippen LogP contribution in [0.25, 0.3) is 0 Å². The summed E-state index contributed by atoms with van der Waals surface area (Å²) in [6.45, 7) is 1.69. The lowest BCUT2D eigenvalue weighted by Crippen LogP contribution is -2.50. The quantitative estimate of drug-likeness (QED) is 0.860. The van der Waals surface area contributed by atoms with Crippen LogP contribution >= 0.6 is 15.9 Å². The monoisotopic (exact) mass is 245 g/mol. The van der Waals surface area contributed by atoms with E-state index in [1.54, 1.807) is 12.1 Å². The Morgan fingerprint density at radius 2 is 2.23 bits per heavy atom. The first kappa shape index (κ1) is 8.97. The van der Waals surface area contributed by atoms with Gasteiger partial charge in [-0.05, 0) is 28.1 Å². The third-order valence-electron chi connectivity index (χ3n) is 1.94. The van der Waals surface area contributed by atoms with Gasteiger partial charge in [0, 0.05) is 19.2 Å². The molecule has 1 N–H and O–H groups in total. The van der Waals surface area contributed by atoms with Gasteiger partial charge in [0.2, 0.25) is 0 Å². The number of ether oxygens (including phenoxy) is 1. The summed E-state index contributed by atoms with van der Waals surface area (Å²) in [5.74, 6) is 0.303. The van der Waals surface area contributed by atoms with Crippen molar-refractivity contribution in [1.82, 2.24) is 5.32 Å². The van der Waals surface area contributed by atoms with E-state index < -0.39 is 0 Å². The van der Waals surface area contributed by atoms with E-state index in [1.807, 2.05) is 0 Å². The van der Waals surface area contributed by atoms with Crippen LogP contribution in [0, 0.1) is 5.82 Å². The van der Waals surface area contributed by atoms with Crippen molar-refractivity contribution in [2.24, 2.45) is 0 Å². The van der Waals surface area contributed by atoms with Crippen LogP contribution in [0.1, 0.15) is 0 Å². The molecule has 0 aliphatic carbocycles. The van der Waals surface area contributed by atoms with Crippen molar-refractivity contribution in [3.63, 3.8) is 0 Å². The normalized spacial score (nSPS) is 16.8. The number of benzene rings is 1. The van der Waals surface area contributed by atoms with Crippen molar-refractivity contribution in [2.75, 3.05) is 13.1 Å². The lowest BCUT2D eigenvalue weighted by atomic mass is 10.2. The maximum Gasteiger partial charge on any atom is 0.141 e. The van der Waals surface area contributed by atoms with Crippen molar-refractivity contribution < 1.29 is 9.13 Å². The summed E-state index contributed by atoms with van der Waals surface area (Å²) < 4.78 is 18.9. The van der Waals surface area contributed by atoms with Crippen LogP contribution in [0.15, 0.2) is 22.7 Å². The summed E-state index contributed by atoms with van der Waals surface area (Å²) in [6, 6.07) is 4.80. The van der Waals surface area contributed by atoms with Gasteiger partial charge in [-0.2, -0.15) is 0 Å². The van der Waals surface area contributed by atoms with Gasteiger partial charge in [0.25, 0.3) is 0 Å². The van der Waals surface area contributed by atoms with Gasteiger partial charge in [-0.1, -0.05) is 0 Å². The Morgan fingerprint density at radius 3 is 2.77 bits per heavy atom. The first-order chi connectivity index (χ1) is 6.25. The molecule has 1 aliphatic rings. The third-order valence-corrected chi connectivity index (χ3v) is 2.58. The molecule has 0 saturated carbocycles. The molecule has 0 spiro atoms. The fourth-order valence-corrected chi connectivity index (χ4v) is 1.33. The Labute approximate surface area is 84.2 Å². The van der Waals surface area contributed by atoms with E-state index >= 15 is 0 Å². The zero-order valence-electron chi connectivity index (χ0n) is 6.89. The highest BCUT2D eigenvalue weighted by atomic mass is 79.9. The predicted molar refractivity (Wildman–Crippen MR) is 51.4 cm³/mol. The number of hydrogen-bond donors (Lipinski definition) is 1. The van der Waals surface area contributed by atoms with E-state index in [4.69, 9.17) is 4.74 Å². The third kappa shape index (κ3) is 2.00. The van der Waals surface area contributed by atoms with Crippen LogP contribution in [0.5, 0.6) is 5.75 Å². The first-order valence-electron chi connectivity index (χ1n) is 4.08. The van der Waals surface area contributed by atoms with E-state index in [2.05, 4.69) is 21.2 Å². The fraction of sp³-hybridized carbons (Fsp3) is 0.333. The van der Waals surface area contributed by atoms with E-state index in [-0.39, 0.29) is 11.9 Å². The van der Waals surface area contributed by atoms with Crippen LogP contribution < -0.4 is 10.1 Å². The highest BCUT2D eigenvalue weighted by Gasteiger charge is 2.18. The molecule has 2 nitrogen and oxygen atoms in total. The Morgan fingerprint density at radius 1 is 1.46 bits per heavy atom. The molecule has 1 fully saturated rings. The summed E-state index contributed by atoms with van der Waals surface area (Å²) in [7, 11) is 0. The molecule has 13 heavy (non-hydrogen) atoms. The molecular weight excluding hydrogens is 237 g/mol. The number of halogens is 2. The summed E-state index contributed by atoms with van der Waals surface area (Å²) in [4.78, 5) is 0. The Hall–Kier alpha value is -0.610. The van der Waals surface area contributed by atoms with Gasteiger partial charge in [-0.25, -0.2) is 4.39 Å². The molecule has 1 heterocycles. The molecule has 0 aromatic heterocycles. The lowest BCUT2D eigenvalue weighted by Gasteiger charge is -2.27. The number of nitrogens with one attached hydrogen (secondary N) is 1. The number of hydrogen-bond acceptors (Lipinski definition) is 2. The molecule has 1 aliphatic heterocycles. The van der Waals surface area contributed by atoms with Crippen molar-refractivity contribution >= 4 is 15.9 Å². The summed E-state index contributed by atoms with van der Waals surface area (Å²) in [6.07, 6.45) is 0.195. The maximum atomic E-state index is 13.0.